The lowest BCUT2D eigenvalue weighted by Crippen LogP contribution is -2.52. The molecule has 0 N–H and O–H groups in total. The molecule has 5 nitrogen and oxygen atoms in total. The Morgan fingerprint density at radius 1 is 1.29 bits per heavy atom. The van der Waals surface area contributed by atoms with Crippen molar-refractivity contribution < 1.29 is 18.8 Å². The van der Waals surface area contributed by atoms with E-state index in [1.165, 1.54) is 0 Å². The molecule has 1 rings (SSSR count). The van der Waals surface area contributed by atoms with Crippen LogP contribution in [0.25, 0.3) is 0 Å². The third-order valence-corrected chi connectivity index (χ3v) is 4.59. The van der Waals surface area contributed by atoms with E-state index in [0.717, 1.165) is 19.3 Å². The Labute approximate surface area is 147 Å². The predicted octanol–water partition coefficient (Wildman–Crippen LogP) is 4.35. The van der Waals surface area contributed by atoms with Crippen LogP contribution in [0.15, 0.2) is 12.7 Å². The van der Waals surface area contributed by atoms with Gasteiger partial charge in [-0.05, 0) is 66.1 Å². The number of ether oxygens (including phenoxy) is 1. The molecule has 1 aliphatic heterocycles. The van der Waals surface area contributed by atoms with Gasteiger partial charge in [-0.25, -0.2) is 4.79 Å². The monoisotopic (exact) mass is 355 g/mol. The van der Waals surface area contributed by atoms with Crippen molar-refractivity contribution in [3.8, 4) is 0 Å². The van der Waals surface area contributed by atoms with Crippen LogP contribution in [0.1, 0.15) is 46.5 Å². The molecule has 2 atom stereocenters. The van der Waals surface area contributed by atoms with Crippen LogP contribution in [-0.4, -0.2) is 43.5 Å². The van der Waals surface area contributed by atoms with Crippen molar-refractivity contribution in [1.82, 2.24) is 4.90 Å². The van der Waals surface area contributed by atoms with Gasteiger partial charge in [-0.2, -0.15) is 0 Å². The van der Waals surface area contributed by atoms with Crippen LogP contribution in [0, 0.1) is 5.92 Å². The zero-order chi connectivity index (χ0) is 18.5. The van der Waals surface area contributed by atoms with E-state index in [1.54, 1.807) is 11.0 Å². The summed E-state index contributed by atoms with van der Waals surface area (Å²) < 4.78 is 11.2. The van der Waals surface area contributed by atoms with E-state index in [4.69, 9.17) is 9.16 Å². The van der Waals surface area contributed by atoms with E-state index < -0.39 is 13.9 Å². The Morgan fingerprint density at radius 3 is 2.42 bits per heavy atom. The molecule has 138 valence electrons. The number of hydrogen-bond acceptors (Lipinski definition) is 4. The largest absolute Gasteiger partial charge is 0.520 e. The minimum absolute atomic E-state index is 0.185. The Balaban J connectivity index is 2.97. The Bertz CT molecular complexity index is 465. The quantitative estimate of drug-likeness (QED) is 0.543. The first-order valence-electron chi connectivity index (χ1n) is 8.78. The van der Waals surface area contributed by atoms with Crippen LogP contribution < -0.4 is 0 Å². The van der Waals surface area contributed by atoms with Crippen molar-refractivity contribution in [2.24, 2.45) is 5.92 Å². The van der Waals surface area contributed by atoms with Gasteiger partial charge in [0.25, 0.3) is 5.97 Å². The van der Waals surface area contributed by atoms with E-state index in [9.17, 15) is 9.59 Å². The van der Waals surface area contributed by atoms with Gasteiger partial charge in [0.15, 0.2) is 0 Å². The highest BCUT2D eigenvalue weighted by atomic mass is 28.4. The van der Waals surface area contributed by atoms with Gasteiger partial charge in [0, 0.05) is 12.6 Å². The summed E-state index contributed by atoms with van der Waals surface area (Å²) in [6, 6.07) is -0.185. The Hall–Kier alpha value is -1.30. The van der Waals surface area contributed by atoms with E-state index in [0.29, 0.717) is 13.0 Å². The highest BCUT2D eigenvalue weighted by molar-refractivity contribution is 6.71. The van der Waals surface area contributed by atoms with Crippen LogP contribution in [0.3, 0.4) is 0 Å². The summed E-state index contributed by atoms with van der Waals surface area (Å²) in [5.74, 6) is -0.587. The molecular weight excluding hydrogens is 322 g/mol. The van der Waals surface area contributed by atoms with E-state index in [2.05, 4.69) is 6.58 Å². The zero-order valence-corrected chi connectivity index (χ0v) is 17.1. The molecule has 0 bridgehead atoms. The molecule has 0 aliphatic carbocycles. The fourth-order valence-corrected chi connectivity index (χ4v) is 3.65. The minimum atomic E-state index is -1.98. The topological polar surface area (TPSA) is 55.8 Å². The number of amides is 1. The standard InChI is InChI=1S/C18H33NO4Si/c1-8-11-14(16(20)23-24(5,6)7)15-12-9-10-13-19(15)17(21)22-18(2,3)4/h8,14-15H,1,9-13H2,2-7H3/t14-,15+/m1/s1. The van der Waals surface area contributed by atoms with Gasteiger partial charge in [0.05, 0.1) is 5.92 Å². The molecule has 0 aromatic heterocycles. The molecule has 24 heavy (non-hydrogen) atoms. The van der Waals surface area contributed by atoms with Gasteiger partial charge in [0.2, 0.25) is 8.32 Å². The van der Waals surface area contributed by atoms with Crippen LogP contribution >= 0.6 is 0 Å². The molecule has 1 fully saturated rings. The molecule has 0 aromatic rings. The number of hydrogen-bond donors (Lipinski definition) is 0. The minimum Gasteiger partial charge on any atom is -0.520 e. The molecule has 1 heterocycles. The van der Waals surface area contributed by atoms with E-state index in [-0.39, 0.29) is 24.0 Å². The SMILES string of the molecule is C=CC[C@@H](C(=O)O[Si](C)(C)C)[C@@H]1CCCCN1C(=O)OC(C)(C)C. The van der Waals surface area contributed by atoms with Gasteiger partial charge in [-0.1, -0.05) is 6.08 Å². The van der Waals surface area contributed by atoms with Gasteiger partial charge in [0.1, 0.15) is 5.60 Å². The first kappa shape index (κ1) is 20.7. The van der Waals surface area contributed by atoms with Crippen molar-refractivity contribution in [3.05, 3.63) is 12.7 Å². The average Bonchev–Trinajstić information content (AvgIpc) is 2.41. The maximum absolute atomic E-state index is 12.7. The predicted molar refractivity (Wildman–Crippen MR) is 98.3 cm³/mol. The number of allylic oxidation sites excluding steroid dienone is 1. The molecule has 0 saturated carbocycles. The first-order chi connectivity index (χ1) is 10.9. The lowest BCUT2D eigenvalue weighted by Gasteiger charge is -2.40. The van der Waals surface area contributed by atoms with Crippen LogP contribution in [0.4, 0.5) is 4.79 Å². The Kier molecular flexibility index (Phi) is 7.07. The van der Waals surface area contributed by atoms with Gasteiger partial charge in [-0.15, -0.1) is 6.58 Å². The second-order valence-electron chi connectivity index (χ2n) is 8.40. The lowest BCUT2D eigenvalue weighted by atomic mass is 9.88. The number of rotatable bonds is 5. The lowest BCUT2D eigenvalue weighted by molar-refractivity contribution is -0.142. The van der Waals surface area contributed by atoms with Crippen molar-refractivity contribution in [1.29, 1.82) is 0 Å². The fourth-order valence-electron chi connectivity index (χ4n) is 2.89. The molecule has 1 aliphatic rings. The third kappa shape index (κ3) is 6.67. The van der Waals surface area contributed by atoms with Gasteiger partial charge in [-0.3, -0.25) is 4.79 Å². The first-order valence-corrected chi connectivity index (χ1v) is 12.2. The smallest absolute Gasteiger partial charge is 0.410 e. The van der Waals surface area contributed by atoms with Crippen molar-refractivity contribution in [3.63, 3.8) is 0 Å². The van der Waals surface area contributed by atoms with Crippen molar-refractivity contribution in [2.75, 3.05) is 6.54 Å². The summed E-state index contributed by atoms with van der Waals surface area (Å²) >= 11 is 0. The molecule has 0 spiro atoms. The molecule has 0 aromatic carbocycles. The molecule has 1 amide bonds. The summed E-state index contributed by atoms with van der Waals surface area (Å²) in [5.41, 5.74) is -0.550. The summed E-state index contributed by atoms with van der Waals surface area (Å²) in [4.78, 5) is 27.0. The second kappa shape index (κ2) is 8.19. The van der Waals surface area contributed by atoms with Crippen LogP contribution in [0.5, 0.6) is 0 Å². The number of piperidine rings is 1. The van der Waals surface area contributed by atoms with Crippen LogP contribution in [-0.2, 0) is 14.0 Å². The van der Waals surface area contributed by atoms with Crippen LogP contribution in [0.2, 0.25) is 19.6 Å². The van der Waals surface area contributed by atoms with Gasteiger partial charge < -0.3 is 14.1 Å². The molecule has 6 heteroatoms. The summed E-state index contributed by atoms with van der Waals surface area (Å²) in [6.45, 7) is 15.9. The van der Waals surface area contributed by atoms with Crippen molar-refractivity contribution in [2.45, 2.75) is 77.7 Å². The van der Waals surface area contributed by atoms with E-state index >= 15 is 0 Å². The number of likely N-dealkylation sites (tertiary alicyclic amines) is 1. The van der Waals surface area contributed by atoms with Crippen molar-refractivity contribution >= 4 is 20.4 Å². The summed E-state index contributed by atoms with van der Waals surface area (Å²) in [5, 5.41) is 0. The van der Waals surface area contributed by atoms with Gasteiger partial charge >= 0.3 is 6.09 Å². The summed E-state index contributed by atoms with van der Waals surface area (Å²) in [6.07, 6.45) is 4.61. The average molecular weight is 356 g/mol. The summed E-state index contributed by atoms with van der Waals surface area (Å²) in [7, 11) is -1.98. The zero-order valence-electron chi connectivity index (χ0n) is 16.1. The number of carbonyl (C=O) groups excluding carboxylic acids is 2. The highest BCUT2D eigenvalue weighted by Gasteiger charge is 2.39. The fraction of sp³-hybridized carbons (Fsp3) is 0.778. The maximum atomic E-state index is 12.7. The number of carbonyl (C=O) groups is 2. The van der Waals surface area contributed by atoms with E-state index in [1.807, 2.05) is 40.4 Å². The normalized spacial score (nSPS) is 20.2. The second-order valence-corrected chi connectivity index (χ2v) is 12.8. The third-order valence-electron chi connectivity index (χ3n) is 3.77. The molecule has 0 radical (unpaired) electrons. The molecule has 1 saturated heterocycles. The highest BCUT2D eigenvalue weighted by Crippen LogP contribution is 2.29. The maximum Gasteiger partial charge on any atom is 0.410 e. The molecular formula is C18H33NO4Si. The number of nitrogens with zero attached hydrogens (tertiary/aromatic N) is 1. The Morgan fingerprint density at radius 2 is 1.92 bits per heavy atom. The molecule has 0 unspecified atom stereocenters.